The van der Waals surface area contributed by atoms with Gasteiger partial charge in [-0.25, -0.2) is 0 Å². The second-order valence-electron chi connectivity index (χ2n) is 4.74. The van der Waals surface area contributed by atoms with Gasteiger partial charge in [-0.05, 0) is 31.8 Å². The zero-order chi connectivity index (χ0) is 12.8. The average Bonchev–Trinajstić information content (AvgIpc) is 2.82. The van der Waals surface area contributed by atoms with Crippen molar-refractivity contribution in [1.82, 2.24) is 15.2 Å². The standard InChI is InChI=1S/C12H19N3O2S/c16-12(17)6-13-4-10-2-1-3-15(7-10)8-11-5-14-9-18-11/h5,9-10,13H,1-4,6-8H2,(H,16,17). The molecule has 1 unspecified atom stereocenters. The number of aliphatic carboxylic acids is 1. The van der Waals surface area contributed by atoms with Crippen molar-refractivity contribution >= 4 is 17.3 Å². The van der Waals surface area contributed by atoms with E-state index in [1.54, 1.807) is 11.3 Å². The monoisotopic (exact) mass is 269 g/mol. The van der Waals surface area contributed by atoms with E-state index in [0.29, 0.717) is 5.92 Å². The first-order valence-corrected chi connectivity index (χ1v) is 7.14. The molecule has 1 aromatic heterocycles. The fourth-order valence-corrected chi connectivity index (χ4v) is 3.02. The van der Waals surface area contributed by atoms with Gasteiger partial charge < -0.3 is 10.4 Å². The SMILES string of the molecule is O=C(O)CNCC1CCCN(Cc2cncs2)C1. The molecule has 1 saturated heterocycles. The highest BCUT2D eigenvalue weighted by molar-refractivity contribution is 7.09. The highest BCUT2D eigenvalue weighted by atomic mass is 32.1. The minimum atomic E-state index is -0.785. The predicted molar refractivity (Wildman–Crippen MR) is 70.6 cm³/mol. The van der Waals surface area contributed by atoms with E-state index >= 15 is 0 Å². The molecule has 0 saturated carbocycles. The third-order valence-corrected chi connectivity index (χ3v) is 3.94. The van der Waals surface area contributed by atoms with Crippen LogP contribution in [-0.2, 0) is 11.3 Å². The lowest BCUT2D eigenvalue weighted by Gasteiger charge is -2.32. The molecule has 0 spiro atoms. The van der Waals surface area contributed by atoms with Gasteiger partial charge in [-0.1, -0.05) is 0 Å². The molecule has 0 bridgehead atoms. The summed E-state index contributed by atoms with van der Waals surface area (Å²) in [7, 11) is 0. The molecule has 18 heavy (non-hydrogen) atoms. The molecule has 0 amide bonds. The molecule has 1 atom stereocenters. The molecule has 100 valence electrons. The van der Waals surface area contributed by atoms with E-state index in [-0.39, 0.29) is 6.54 Å². The largest absolute Gasteiger partial charge is 0.480 e. The van der Waals surface area contributed by atoms with Gasteiger partial charge in [0.1, 0.15) is 0 Å². The maximum Gasteiger partial charge on any atom is 0.317 e. The summed E-state index contributed by atoms with van der Waals surface area (Å²) in [6, 6.07) is 0. The van der Waals surface area contributed by atoms with Gasteiger partial charge in [-0.2, -0.15) is 0 Å². The number of carboxylic acid groups (broad SMARTS) is 1. The number of nitrogens with one attached hydrogen (secondary N) is 1. The third-order valence-electron chi connectivity index (χ3n) is 3.18. The summed E-state index contributed by atoms with van der Waals surface area (Å²) in [4.78, 5) is 18.3. The van der Waals surface area contributed by atoms with Gasteiger partial charge in [0.05, 0.1) is 12.1 Å². The molecule has 0 radical (unpaired) electrons. The van der Waals surface area contributed by atoms with E-state index in [2.05, 4.69) is 15.2 Å². The molecule has 1 aromatic rings. The third kappa shape index (κ3) is 4.36. The average molecular weight is 269 g/mol. The summed E-state index contributed by atoms with van der Waals surface area (Å²) in [6.45, 7) is 4.01. The van der Waals surface area contributed by atoms with Crippen molar-refractivity contribution in [2.75, 3.05) is 26.2 Å². The van der Waals surface area contributed by atoms with Crippen molar-refractivity contribution in [3.63, 3.8) is 0 Å². The number of rotatable bonds is 6. The Labute approximate surface area is 111 Å². The normalized spacial score (nSPS) is 21.0. The van der Waals surface area contributed by atoms with E-state index in [1.807, 2.05) is 11.7 Å². The van der Waals surface area contributed by atoms with Crippen molar-refractivity contribution < 1.29 is 9.90 Å². The van der Waals surface area contributed by atoms with Gasteiger partial charge in [-0.3, -0.25) is 14.7 Å². The second-order valence-corrected chi connectivity index (χ2v) is 5.71. The van der Waals surface area contributed by atoms with E-state index in [0.717, 1.165) is 26.2 Å². The molecule has 1 aliphatic rings. The zero-order valence-corrected chi connectivity index (χ0v) is 11.2. The molecule has 0 aromatic carbocycles. The molecule has 2 N–H and O–H groups in total. The maximum absolute atomic E-state index is 10.4. The van der Waals surface area contributed by atoms with Crippen LogP contribution in [0.15, 0.2) is 11.7 Å². The van der Waals surface area contributed by atoms with Crippen molar-refractivity contribution in [2.24, 2.45) is 5.92 Å². The molecule has 1 fully saturated rings. The zero-order valence-electron chi connectivity index (χ0n) is 10.3. The van der Waals surface area contributed by atoms with Crippen LogP contribution < -0.4 is 5.32 Å². The Morgan fingerprint density at radius 2 is 2.56 bits per heavy atom. The highest BCUT2D eigenvalue weighted by Crippen LogP contribution is 2.19. The molecule has 0 aliphatic carbocycles. The molecule has 2 rings (SSSR count). The van der Waals surface area contributed by atoms with Crippen molar-refractivity contribution in [3.05, 3.63) is 16.6 Å². The van der Waals surface area contributed by atoms with Crippen LogP contribution >= 0.6 is 11.3 Å². The molecule has 6 heteroatoms. The van der Waals surface area contributed by atoms with Crippen molar-refractivity contribution in [2.45, 2.75) is 19.4 Å². The maximum atomic E-state index is 10.4. The first-order valence-electron chi connectivity index (χ1n) is 6.26. The summed E-state index contributed by atoms with van der Waals surface area (Å²) in [6.07, 6.45) is 4.31. The topological polar surface area (TPSA) is 65.5 Å². The Hall–Kier alpha value is -0.980. The molecule has 1 aliphatic heterocycles. The fourth-order valence-electron chi connectivity index (χ4n) is 2.39. The van der Waals surface area contributed by atoms with Crippen LogP contribution in [0, 0.1) is 5.92 Å². The van der Waals surface area contributed by atoms with Gasteiger partial charge >= 0.3 is 5.97 Å². The minimum absolute atomic E-state index is 0.0609. The molecular weight excluding hydrogens is 250 g/mol. The predicted octanol–water partition coefficient (Wildman–Crippen LogP) is 1.03. The molecular formula is C12H19N3O2S. The summed E-state index contributed by atoms with van der Waals surface area (Å²) in [5, 5.41) is 11.6. The van der Waals surface area contributed by atoms with E-state index in [9.17, 15) is 4.79 Å². The van der Waals surface area contributed by atoms with E-state index in [1.165, 1.54) is 17.7 Å². The lowest BCUT2D eigenvalue weighted by Crippen LogP contribution is -2.40. The number of likely N-dealkylation sites (tertiary alicyclic amines) is 1. The Morgan fingerprint density at radius 1 is 1.67 bits per heavy atom. The van der Waals surface area contributed by atoms with Gasteiger partial charge in [-0.15, -0.1) is 11.3 Å². The highest BCUT2D eigenvalue weighted by Gasteiger charge is 2.20. The van der Waals surface area contributed by atoms with E-state index in [4.69, 9.17) is 5.11 Å². The van der Waals surface area contributed by atoms with Crippen LogP contribution in [0.4, 0.5) is 0 Å². The van der Waals surface area contributed by atoms with E-state index < -0.39 is 5.97 Å². The van der Waals surface area contributed by atoms with Crippen LogP contribution in [-0.4, -0.2) is 47.1 Å². The Balaban J connectivity index is 1.72. The number of aromatic nitrogens is 1. The van der Waals surface area contributed by atoms with Crippen molar-refractivity contribution in [1.29, 1.82) is 0 Å². The fraction of sp³-hybridized carbons (Fsp3) is 0.667. The van der Waals surface area contributed by atoms with Gasteiger partial charge in [0, 0.05) is 24.2 Å². The summed E-state index contributed by atoms with van der Waals surface area (Å²) in [5.41, 5.74) is 1.87. The summed E-state index contributed by atoms with van der Waals surface area (Å²) >= 11 is 1.69. The Morgan fingerprint density at radius 3 is 3.28 bits per heavy atom. The number of nitrogens with zero attached hydrogens (tertiary/aromatic N) is 2. The lowest BCUT2D eigenvalue weighted by molar-refractivity contribution is -0.136. The number of hydrogen-bond acceptors (Lipinski definition) is 5. The van der Waals surface area contributed by atoms with Gasteiger partial charge in [0.2, 0.25) is 0 Å². The Kier molecular flexibility index (Phi) is 5.10. The number of carboxylic acids is 1. The van der Waals surface area contributed by atoms with Crippen LogP contribution in [0.2, 0.25) is 0 Å². The van der Waals surface area contributed by atoms with Crippen molar-refractivity contribution in [3.8, 4) is 0 Å². The quantitative estimate of drug-likeness (QED) is 0.807. The van der Waals surface area contributed by atoms with Gasteiger partial charge in [0.25, 0.3) is 0 Å². The summed E-state index contributed by atoms with van der Waals surface area (Å²) in [5.74, 6) is -0.224. The number of thiazole rings is 1. The van der Waals surface area contributed by atoms with Crippen LogP contribution in [0.1, 0.15) is 17.7 Å². The first-order chi connectivity index (χ1) is 8.74. The lowest BCUT2D eigenvalue weighted by atomic mass is 9.98. The number of hydrogen-bond donors (Lipinski definition) is 2. The summed E-state index contributed by atoms with van der Waals surface area (Å²) < 4.78 is 0. The number of carbonyl (C=O) groups is 1. The van der Waals surface area contributed by atoms with Crippen LogP contribution in [0.5, 0.6) is 0 Å². The second kappa shape index (κ2) is 6.82. The van der Waals surface area contributed by atoms with Crippen LogP contribution in [0.3, 0.4) is 0 Å². The first kappa shape index (κ1) is 13.5. The van der Waals surface area contributed by atoms with Crippen LogP contribution in [0.25, 0.3) is 0 Å². The minimum Gasteiger partial charge on any atom is -0.480 e. The molecule has 2 heterocycles. The van der Waals surface area contributed by atoms with Gasteiger partial charge in [0.15, 0.2) is 0 Å². The molecule has 5 nitrogen and oxygen atoms in total. The number of piperidine rings is 1. The smallest absolute Gasteiger partial charge is 0.317 e. The Bertz CT molecular complexity index is 369.